The largest absolute Gasteiger partial charge is 0.490 e. The summed E-state index contributed by atoms with van der Waals surface area (Å²) < 4.78 is 5.95. The van der Waals surface area contributed by atoms with Gasteiger partial charge in [0.2, 0.25) is 0 Å². The van der Waals surface area contributed by atoms with Crippen LogP contribution in [0.5, 0.6) is 5.75 Å². The van der Waals surface area contributed by atoms with Gasteiger partial charge in [0.25, 0.3) is 5.91 Å². The lowest BCUT2D eigenvalue weighted by atomic mass is 9.98. The molecule has 0 spiro atoms. The standard InChI is InChI=1S/C31H28N2O4/c1-21(22-7-3-2-4-8-22)32-30(34)25-15-16-28-29(19-25)37-18-17-33(28)20-26-9-5-6-10-27(26)23-11-13-24(14-12-23)31(35)36/h2-16,19,21H,17-18,20H2,1H3,(H,32,34)(H,35,36)/t21-/m0/s1. The molecule has 6 heteroatoms. The number of nitrogens with one attached hydrogen (secondary N) is 1. The summed E-state index contributed by atoms with van der Waals surface area (Å²) in [7, 11) is 0. The molecule has 0 saturated carbocycles. The highest BCUT2D eigenvalue weighted by Gasteiger charge is 2.22. The molecule has 4 aromatic carbocycles. The SMILES string of the molecule is C[C@H](NC(=O)c1ccc2c(c1)OCCN2Cc1ccccc1-c1ccc(C(=O)O)cc1)c1ccccc1. The molecule has 0 aliphatic carbocycles. The van der Waals surface area contributed by atoms with Crippen LogP contribution in [0.25, 0.3) is 11.1 Å². The molecule has 4 aromatic rings. The van der Waals surface area contributed by atoms with Gasteiger partial charge in [-0.15, -0.1) is 0 Å². The Morgan fingerprint density at radius 3 is 2.38 bits per heavy atom. The van der Waals surface area contributed by atoms with Crippen molar-refractivity contribution in [3.63, 3.8) is 0 Å². The van der Waals surface area contributed by atoms with Gasteiger partial charge in [-0.2, -0.15) is 0 Å². The molecule has 1 aliphatic rings. The highest BCUT2D eigenvalue weighted by atomic mass is 16.5. The number of carbonyl (C=O) groups is 2. The maximum atomic E-state index is 12.9. The van der Waals surface area contributed by atoms with E-state index >= 15 is 0 Å². The van der Waals surface area contributed by atoms with E-state index in [1.165, 1.54) is 0 Å². The normalized spacial score (nSPS) is 13.3. The minimum atomic E-state index is -0.938. The molecule has 0 aromatic heterocycles. The van der Waals surface area contributed by atoms with Crippen LogP contribution >= 0.6 is 0 Å². The summed E-state index contributed by atoms with van der Waals surface area (Å²) >= 11 is 0. The molecule has 1 amide bonds. The fourth-order valence-corrected chi connectivity index (χ4v) is 4.63. The summed E-state index contributed by atoms with van der Waals surface area (Å²) in [5.41, 5.74) is 5.95. The first-order valence-corrected chi connectivity index (χ1v) is 12.3. The lowest BCUT2D eigenvalue weighted by Crippen LogP contribution is -2.33. The fourth-order valence-electron chi connectivity index (χ4n) is 4.63. The number of fused-ring (bicyclic) bond motifs is 1. The Bertz CT molecular complexity index is 1420. The van der Waals surface area contributed by atoms with Gasteiger partial charge in [0.05, 0.1) is 23.8 Å². The number of amides is 1. The number of carboxylic acids is 1. The number of carboxylic acid groups (broad SMARTS) is 1. The Kier molecular flexibility index (Phi) is 6.90. The molecule has 0 saturated heterocycles. The number of rotatable bonds is 7. The smallest absolute Gasteiger partial charge is 0.335 e. The molecule has 0 fully saturated rings. The molecule has 5 rings (SSSR count). The van der Waals surface area contributed by atoms with Crippen molar-refractivity contribution in [1.29, 1.82) is 0 Å². The van der Waals surface area contributed by atoms with Crippen LogP contribution < -0.4 is 15.0 Å². The molecule has 186 valence electrons. The van der Waals surface area contributed by atoms with Crippen LogP contribution in [0, 0.1) is 0 Å². The average molecular weight is 493 g/mol. The zero-order chi connectivity index (χ0) is 25.8. The second kappa shape index (κ2) is 10.6. The van der Waals surface area contributed by atoms with Gasteiger partial charge in [-0.05, 0) is 59.5 Å². The second-order valence-electron chi connectivity index (χ2n) is 9.10. The van der Waals surface area contributed by atoms with E-state index in [0.717, 1.165) is 34.5 Å². The van der Waals surface area contributed by atoms with E-state index in [2.05, 4.69) is 16.3 Å². The molecular weight excluding hydrogens is 464 g/mol. The van der Waals surface area contributed by atoms with Gasteiger partial charge in [0.15, 0.2) is 0 Å². The van der Waals surface area contributed by atoms with E-state index in [-0.39, 0.29) is 17.5 Å². The highest BCUT2D eigenvalue weighted by Crippen LogP contribution is 2.35. The van der Waals surface area contributed by atoms with Crippen molar-refractivity contribution in [2.75, 3.05) is 18.1 Å². The van der Waals surface area contributed by atoms with E-state index in [1.54, 1.807) is 12.1 Å². The number of nitrogens with zero attached hydrogens (tertiary/aromatic N) is 1. The molecule has 1 aliphatic heterocycles. The van der Waals surface area contributed by atoms with Gasteiger partial charge in [0, 0.05) is 12.1 Å². The third kappa shape index (κ3) is 5.33. The Hall–Kier alpha value is -4.58. The number of aromatic carboxylic acids is 1. The first-order valence-electron chi connectivity index (χ1n) is 12.3. The van der Waals surface area contributed by atoms with Crippen LogP contribution in [0.15, 0.2) is 97.1 Å². The van der Waals surface area contributed by atoms with Crippen molar-refractivity contribution in [3.8, 4) is 16.9 Å². The Morgan fingerprint density at radius 1 is 0.919 bits per heavy atom. The lowest BCUT2D eigenvalue weighted by Gasteiger charge is -2.32. The number of ether oxygens (including phenoxy) is 1. The summed E-state index contributed by atoms with van der Waals surface area (Å²) in [5.74, 6) is -0.392. The number of hydrogen-bond acceptors (Lipinski definition) is 4. The molecule has 1 heterocycles. The second-order valence-corrected chi connectivity index (χ2v) is 9.10. The molecular formula is C31H28N2O4. The van der Waals surface area contributed by atoms with E-state index in [9.17, 15) is 14.7 Å². The Balaban J connectivity index is 1.35. The van der Waals surface area contributed by atoms with Crippen molar-refractivity contribution >= 4 is 17.6 Å². The van der Waals surface area contributed by atoms with Crippen LogP contribution in [0.3, 0.4) is 0 Å². The van der Waals surface area contributed by atoms with Gasteiger partial charge < -0.3 is 20.1 Å². The van der Waals surface area contributed by atoms with Gasteiger partial charge in [0.1, 0.15) is 12.4 Å². The predicted octanol–water partition coefficient (Wildman–Crippen LogP) is 5.94. The summed E-state index contributed by atoms with van der Waals surface area (Å²) in [6.45, 7) is 3.87. The first kappa shape index (κ1) is 24.1. The third-order valence-electron chi connectivity index (χ3n) is 6.65. The molecule has 1 atom stereocenters. The molecule has 2 N–H and O–H groups in total. The topological polar surface area (TPSA) is 78.9 Å². The molecule has 0 unspecified atom stereocenters. The number of benzene rings is 4. The van der Waals surface area contributed by atoms with Crippen LogP contribution in [0.1, 0.15) is 44.8 Å². The predicted molar refractivity (Wildman–Crippen MR) is 144 cm³/mol. The minimum Gasteiger partial charge on any atom is -0.490 e. The van der Waals surface area contributed by atoms with Crippen molar-refractivity contribution in [3.05, 3.63) is 119 Å². The average Bonchev–Trinajstić information content (AvgIpc) is 2.93. The molecule has 37 heavy (non-hydrogen) atoms. The molecule has 0 bridgehead atoms. The monoisotopic (exact) mass is 492 g/mol. The van der Waals surface area contributed by atoms with E-state index < -0.39 is 5.97 Å². The summed E-state index contributed by atoms with van der Waals surface area (Å²) in [6, 6.07) is 30.4. The summed E-state index contributed by atoms with van der Waals surface area (Å²) in [6.07, 6.45) is 0. The van der Waals surface area contributed by atoms with Gasteiger partial charge in [-0.25, -0.2) is 4.79 Å². The van der Waals surface area contributed by atoms with Crippen LogP contribution in [-0.2, 0) is 6.54 Å². The summed E-state index contributed by atoms with van der Waals surface area (Å²) in [5, 5.41) is 12.3. The van der Waals surface area contributed by atoms with Crippen LogP contribution in [-0.4, -0.2) is 30.1 Å². The van der Waals surface area contributed by atoms with Gasteiger partial charge in [-0.3, -0.25) is 4.79 Å². The molecule has 6 nitrogen and oxygen atoms in total. The van der Waals surface area contributed by atoms with E-state index in [4.69, 9.17) is 4.74 Å². The van der Waals surface area contributed by atoms with E-state index in [0.29, 0.717) is 24.5 Å². The zero-order valence-corrected chi connectivity index (χ0v) is 20.6. The Morgan fingerprint density at radius 2 is 1.62 bits per heavy atom. The van der Waals surface area contributed by atoms with Gasteiger partial charge >= 0.3 is 5.97 Å². The van der Waals surface area contributed by atoms with Crippen molar-refractivity contribution in [1.82, 2.24) is 5.32 Å². The lowest BCUT2D eigenvalue weighted by molar-refractivity contribution is 0.0696. The Labute approximate surface area is 216 Å². The number of hydrogen-bond donors (Lipinski definition) is 2. The highest BCUT2D eigenvalue weighted by molar-refractivity contribution is 5.95. The quantitative estimate of drug-likeness (QED) is 0.334. The van der Waals surface area contributed by atoms with Crippen LogP contribution in [0.4, 0.5) is 5.69 Å². The maximum Gasteiger partial charge on any atom is 0.335 e. The molecule has 0 radical (unpaired) electrons. The van der Waals surface area contributed by atoms with Gasteiger partial charge in [-0.1, -0.05) is 66.7 Å². The number of anilines is 1. The third-order valence-corrected chi connectivity index (χ3v) is 6.65. The van der Waals surface area contributed by atoms with Crippen LogP contribution in [0.2, 0.25) is 0 Å². The maximum absolute atomic E-state index is 12.9. The fraction of sp³-hybridized carbons (Fsp3) is 0.161. The van der Waals surface area contributed by atoms with Crippen molar-refractivity contribution in [2.24, 2.45) is 0 Å². The summed E-state index contributed by atoms with van der Waals surface area (Å²) in [4.78, 5) is 26.4. The minimum absolute atomic E-state index is 0.108. The zero-order valence-electron chi connectivity index (χ0n) is 20.6. The van der Waals surface area contributed by atoms with E-state index in [1.807, 2.05) is 85.8 Å². The number of carbonyl (C=O) groups excluding carboxylic acids is 1. The van der Waals surface area contributed by atoms with Crippen molar-refractivity contribution in [2.45, 2.75) is 19.5 Å². The first-order chi connectivity index (χ1) is 18.0. The van der Waals surface area contributed by atoms with Crippen molar-refractivity contribution < 1.29 is 19.4 Å².